The smallest absolute Gasteiger partial charge is 0.151 e. The molecule has 34 heavy (non-hydrogen) atoms. The van der Waals surface area contributed by atoms with Crippen LogP contribution in [0.4, 0.5) is 10.2 Å². The van der Waals surface area contributed by atoms with Gasteiger partial charge in [-0.15, -0.1) is 10.2 Å². The van der Waals surface area contributed by atoms with Crippen molar-refractivity contribution in [3.8, 4) is 5.69 Å². The van der Waals surface area contributed by atoms with E-state index in [1.54, 1.807) is 6.92 Å². The number of fused-ring (bicyclic) bond motifs is 3. The number of rotatable bonds is 3. The molecule has 1 saturated heterocycles. The molecule has 0 bridgehead atoms. The summed E-state index contributed by atoms with van der Waals surface area (Å²) in [5, 5.41) is 10.2. The SMILES string of the molecule is Cc1cc(N2CC3(CC(c4nnc5n4-c4ccc(Cl)cc4CN(C4(C)CC4)C5)C3)C2)ncc1F. The van der Waals surface area contributed by atoms with Gasteiger partial charge in [-0.1, -0.05) is 11.6 Å². The van der Waals surface area contributed by atoms with Gasteiger partial charge in [-0.2, -0.15) is 0 Å². The average Bonchev–Trinajstić information content (AvgIpc) is 3.42. The first kappa shape index (κ1) is 20.8. The fraction of sp³-hybridized carbons (Fsp3) is 0.500. The van der Waals surface area contributed by atoms with E-state index in [1.807, 2.05) is 12.1 Å². The Hall–Kier alpha value is -2.51. The Morgan fingerprint density at radius 2 is 1.88 bits per heavy atom. The van der Waals surface area contributed by atoms with E-state index in [1.165, 1.54) is 30.3 Å². The molecule has 1 aromatic carbocycles. The van der Waals surface area contributed by atoms with Crippen LogP contribution in [0.1, 0.15) is 61.3 Å². The van der Waals surface area contributed by atoms with Crippen molar-refractivity contribution in [3.05, 3.63) is 64.1 Å². The number of anilines is 1. The Morgan fingerprint density at radius 1 is 1.09 bits per heavy atom. The third-order valence-electron chi connectivity index (χ3n) is 8.60. The van der Waals surface area contributed by atoms with Crippen molar-refractivity contribution in [2.24, 2.45) is 5.41 Å². The fourth-order valence-corrected chi connectivity index (χ4v) is 6.41. The zero-order valence-electron chi connectivity index (χ0n) is 19.6. The molecule has 0 amide bonds. The Kier molecular flexibility index (Phi) is 4.30. The first-order valence-electron chi connectivity index (χ1n) is 12.2. The molecule has 0 unspecified atom stereocenters. The van der Waals surface area contributed by atoms with E-state index in [9.17, 15) is 4.39 Å². The molecule has 176 valence electrons. The highest BCUT2D eigenvalue weighted by atomic mass is 35.5. The molecule has 4 heterocycles. The molecule has 2 aliphatic heterocycles. The third kappa shape index (κ3) is 3.13. The van der Waals surface area contributed by atoms with Gasteiger partial charge >= 0.3 is 0 Å². The molecule has 2 aromatic heterocycles. The van der Waals surface area contributed by atoms with Crippen LogP contribution in [0.5, 0.6) is 0 Å². The predicted octanol–water partition coefficient (Wildman–Crippen LogP) is 5.02. The molecule has 7 rings (SSSR count). The van der Waals surface area contributed by atoms with Gasteiger partial charge in [-0.25, -0.2) is 9.37 Å². The van der Waals surface area contributed by atoms with Crippen LogP contribution in [0.15, 0.2) is 30.5 Å². The van der Waals surface area contributed by atoms with Crippen LogP contribution < -0.4 is 4.90 Å². The lowest BCUT2D eigenvalue weighted by Crippen LogP contribution is -2.62. The fourth-order valence-electron chi connectivity index (χ4n) is 6.22. The van der Waals surface area contributed by atoms with Crippen LogP contribution >= 0.6 is 11.6 Å². The van der Waals surface area contributed by atoms with E-state index in [-0.39, 0.29) is 11.4 Å². The van der Waals surface area contributed by atoms with E-state index in [2.05, 4.69) is 43.5 Å². The second-order valence-electron chi connectivity index (χ2n) is 11.2. The molecular formula is C26H28ClFN6. The Labute approximate surface area is 203 Å². The van der Waals surface area contributed by atoms with Gasteiger partial charge in [0.1, 0.15) is 17.5 Å². The van der Waals surface area contributed by atoms with Gasteiger partial charge in [-0.3, -0.25) is 9.47 Å². The molecule has 8 heteroatoms. The molecule has 0 N–H and O–H groups in total. The summed E-state index contributed by atoms with van der Waals surface area (Å²) in [6.45, 7) is 7.80. The molecule has 3 aromatic rings. The van der Waals surface area contributed by atoms with Gasteiger partial charge in [0.2, 0.25) is 0 Å². The summed E-state index contributed by atoms with van der Waals surface area (Å²) in [5.41, 5.74) is 3.64. The number of hydrogen-bond acceptors (Lipinski definition) is 5. The molecule has 3 fully saturated rings. The molecule has 1 spiro atoms. The van der Waals surface area contributed by atoms with Crippen molar-refractivity contribution in [2.45, 2.75) is 64.1 Å². The minimum absolute atomic E-state index is 0.244. The van der Waals surface area contributed by atoms with Crippen LogP contribution in [-0.2, 0) is 13.1 Å². The van der Waals surface area contributed by atoms with Crippen molar-refractivity contribution < 1.29 is 4.39 Å². The highest BCUT2D eigenvalue weighted by Gasteiger charge is 2.54. The summed E-state index contributed by atoms with van der Waals surface area (Å²) < 4.78 is 15.9. The highest BCUT2D eigenvalue weighted by Crippen LogP contribution is 2.57. The van der Waals surface area contributed by atoms with E-state index in [4.69, 9.17) is 16.7 Å². The maximum absolute atomic E-state index is 13.6. The van der Waals surface area contributed by atoms with Gasteiger partial charge in [-0.05, 0) is 74.9 Å². The number of pyridine rings is 1. The first-order chi connectivity index (χ1) is 16.3. The summed E-state index contributed by atoms with van der Waals surface area (Å²) in [7, 11) is 0. The topological polar surface area (TPSA) is 50.1 Å². The summed E-state index contributed by atoms with van der Waals surface area (Å²) >= 11 is 6.41. The summed E-state index contributed by atoms with van der Waals surface area (Å²) in [4.78, 5) is 9.10. The summed E-state index contributed by atoms with van der Waals surface area (Å²) in [6, 6.07) is 8.07. The molecule has 6 nitrogen and oxygen atoms in total. The van der Waals surface area contributed by atoms with Gasteiger partial charge in [0.05, 0.1) is 18.4 Å². The Morgan fingerprint density at radius 3 is 2.62 bits per heavy atom. The van der Waals surface area contributed by atoms with E-state index in [0.29, 0.717) is 16.9 Å². The minimum Gasteiger partial charge on any atom is -0.355 e. The Balaban J connectivity index is 1.14. The van der Waals surface area contributed by atoms with Crippen LogP contribution in [0, 0.1) is 18.2 Å². The van der Waals surface area contributed by atoms with Crippen LogP contribution in [-0.4, -0.2) is 43.3 Å². The number of halogens is 2. The maximum Gasteiger partial charge on any atom is 0.151 e. The number of nitrogens with zero attached hydrogens (tertiary/aromatic N) is 6. The first-order valence-corrected chi connectivity index (χ1v) is 12.6. The quantitative estimate of drug-likeness (QED) is 0.529. The molecule has 2 aliphatic carbocycles. The zero-order chi connectivity index (χ0) is 23.2. The van der Waals surface area contributed by atoms with E-state index >= 15 is 0 Å². The largest absolute Gasteiger partial charge is 0.355 e. The summed E-state index contributed by atoms with van der Waals surface area (Å²) in [5.74, 6) is 3.15. The molecule has 0 atom stereocenters. The maximum atomic E-state index is 13.6. The van der Waals surface area contributed by atoms with Crippen molar-refractivity contribution in [1.29, 1.82) is 0 Å². The van der Waals surface area contributed by atoms with E-state index < -0.39 is 0 Å². The van der Waals surface area contributed by atoms with Gasteiger partial charge in [0.25, 0.3) is 0 Å². The molecule has 2 saturated carbocycles. The predicted molar refractivity (Wildman–Crippen MR) is 129 cm³/mol. The van der Waals surface area contributed by atoms with Gasteiger partial charge in [0.15, 0.2) is 5.82 Å². The van der Waals surface area contributed by atoms with Crippen LogP contribution in [0.2, 0.25) is 5.02 Å². The van der Waals surface area contributed by atoms with Gasteiger partial charge < -0.3 is 4.90 Å². The number of hydrogen-bond donors (Lipinski definition) is 0. The van der Waals surface area contributed by atoms with E-state index in [0.717, 1.165) is 61.5 Å². The lowest BCUT2D eigenvalue weighted by atomic mass is 9.57. The molecule has 0 radical (unpaired) electrons. The standard InChI is InChI=1S/C26H28ClFN6/c1-16-7-22(29-11-20(16)28)32-14-26(15-32)9-18(10-26)24-31-30-23-13-33(25(2)5-6-25)12-17-8-19(27)3-4-21(17)34(23)24/h3-4,7-8,11,18H,5-6,9-10,12-15H2,1-2H3. The zero-order valence-corrected chi connectivity index (χ0v) is 20.3. The van der Waals surface area contributed by atoms with Crippen LogP contribution in [0.3, 0.4) is 0 Å². The molecular weight excluding hydrogens is 451 g/mol. The molecule has 4 aliphatic rings. The average molecular weight is 479 g/mol. The second-order valence-corrected chi connectivity index (χ2v) is 11.6. The lowest BCUT2D eigenvalue weighted by Gasteiger charge is -2.59. The van der Waals surface area contributed by atoms with Crippen molar-refractivity contribution in [1.82, 2.24) is 24.6 Å². The van der Waals surface area contributed by atoms with Crippen molar-refractivity contribution in [2.75, 3.05) is 18.0 Å². The summed E-state index contributed by atoms with van der Waals surface area (Å²) in [6.07, 6.45) is 6.00. The number of benzene rings is 1. The third-order valence-corrected chi connectivity index (χ3v) is 8.84. The normalized spacial score (nSPS) is 22.5. The monoisotopic (exact) mass is 478 g/mol. The number of aromatic nitrogens is 4. The lowest BCUT2D eigenvalue weighted by molar-refractivity contribution is 0.0581. The van der Waals surface area contributed by atoms with Crippen molar-refractivity contribution in [3.63, 3.8) is 0 Å². The number of aryl methyl sites for hydroxylation is 1. The van der Waals surface area contributed by atoms with Crippen molar-refractivity contribution >= 4 is 17.4 Å². The minimum atomic E-state index is -0.244. The van der Waals surface area contributed by atoms with Crippen LogP contribution in [0.25, 0.3) is 5.69 Å². The highest BCUT2D eigenvalue weighted by molar-refractivity contribution is 6.30. The second kappa shape index (κ2) is 7.01. The van der Waals surface area contributed by atoms with Gasteiger partial charge in [0, 0.05) is 41.5 Å². The Bertz CT molecular complexity index is 1300.